The van der Waals surface area contributed by atoms with Gasteiger partial charge in [-0.25, -0.2) is 0 Å². The molecular formula is C10H16N4O3S. The molecule has 1 aromatic carbocycles. The number of hydrogen-bond donors (Lipinski definition) is 4. The fourth-order valence-corrected chi connectivity index (χ4v) is 2.32. The quantitative estimate of drug-likeness (QED) is 0.438. The molecule has 18 heavy (non-hydrogen) atoms. The van der Waals surface area contributed by atoms with Crippen molar-refractivity contribution in [3.63, 3.8) is 0 Å². The molecule has 7 nitrogen and oxygen atoms in total. The number of para-hydroxylation sites is 1. The minimum atomic E-state index is -3.71. The van der Waals surface area contributed by atoms with E-state index in [0.29, 0.717) is 5.75 Å². The number of benzene rings is 1. The van der Waals surface area contributed by atoms with E-state index in [1.165, 1.54) is 13.2 Å². The molecular weight excluding hydrogens is 256 g/mol. The third kappa shape index (κ3) is 3.34. The predicted octanol–water partition coefficient (Wildman–Crippen LogP) is 0.245. The van der Waals surface area contributed by atoms with Crippen molar-refractivity contribution in [3.05, 3.63) is 23.8 Å². The van der Waals surface area contributed by atoms with Crippen LogP contribution in [0, 0.1) is 5.41 Å². The zero-order chi connectivity index (χ0) is 13.8. The first-order valence-electron chi connectivity index (χ1n) is 5.20. The molecule has 0 aromatic heterocycles. The molecule has 0 spiro atoms. The number of methoxy groups -OCH3 is 1. The summed E-state index contributed by atoms with van der Waals surface area (Å²) in [4.78, 5) is 0. The van der Waals surface area contributed by atoms with Crippen LogP contribution in [0.1, 0.15) is 12.5 Å². The van der Waals surface area contributed by atoms with E-state index in [-0.39, 0.29) is 23.6 Å². The van der Waals surface area contributed by atoms with Crippen molar-refractivity contribution in [3.8, 4) is 5.75 Å². The zero-order valence-electron chi connectivity index (χ0n) is 10.1. The summed E-state index contributed by atoms with van der Waals surface area (Å²) in [6.45, 7) is 1.91. The molecule has 0 bridgehead atoms. The van der Waals surface area contributed by atoms with Gasteiger partial charge in [-0.15, -0.1) is 0 Å². The number of rotatable bonds is 6. The third-order valence-electron chi connectivity index (χ3n) is 2.11. The van der Waals surface area contributed by atoms with Gasteiger partial charge in [-0.2, -0.15) is 13.1 Å². The SMILES string of the molecule is CCNS(=O)(=O)Nc1c(OC)cccc1C(=N)N. The Hall–Kier alpha value is -1.80. The Morgan fingerprint density at radius 1 is 1.50 bits per heavy atom. The van der Waals surface area contributed by atoms with E-state index in [4.69, 9.17) is 15.9 Å². The molecule has 0 heterocycles. The first kappa shape index (κ1) is 14.3. The molecule has 0 saturated heterocycles. The van der Waals surface area contributed by atoms with Crippen molar-refractivity contribution in [2.45, 2.75) is 6.92 Å². The summed E-state index contributed by atoms with van der Waals surface area (Å²) in [5, 5.41) is 7.42. The minimum Gasteiger partial charge on any atom is -0.495 e. The van der Waals surface area contributed by atoms with Crippen LogP contribution >= 0.6 is 0 Å². The zero-order valence-corrected chi connectivity index (χ0v) is 11.0. The van der Waals surface area contributed by atoms with Crippen molar-refractivity contribution in [1.29, 1.82) is 5.41 Å². The van der Waals surface area contributed by atoms with Crippen LogP contribution in [0.2, 0.25) is 0 Å². The van der Waals surface area contributed by atoms with Crippen LogP contribution in [0.25, 0.3) is 0 Å². The van der Waals surface area contributed by atoms with Gasteiger partial charge in [0.15, 0.2) is 0 Å². The van der Waals surface area contributed by atoms with Crippen LogP contribution in [0.3, 0.4) is 0 Å². The van der Waals surface area contributed by atoms with Crippen molar-refractivity contribution in [1.82, 2.24) is 4.72 Å². The fourth-order valence-electron chi connectivity index (χ4n) is 1.39. The monoisotopic (exact) mass is 272 g/mol. The third-order valence-corrected chi connectivity index (χ3v) is 3.25. The summed E-state index contributed by atoms with van der Waals surface area (Å²) in [6, 6.07) is 4.74. The second-order valence-electron chi connectivity index (χ2n) is 3.40. The Kier molecular flexibility index (Phi) is 4.51. The summed E-state index contributed by atoms with van der Waals surface area (Å²) in [6.07, 6.45) is 0. The van der Waals surface area contributed by atoms with Gasteiger partial charge in [-0.1, -0.05) is 13.0 Å². The van der Waals surface area contributed by atoms with Gasteiger partial charge in [0.2, 0.25) is 0 Å². The molecule has 100 valence electrons. The van der Waals surface area contributed by atoms with Gasteiger partial charge in [0.05, 0.1) is 7.11 Å². The van der Waals surface area contributed by atoms with Crippen LogP contribution in [0.15, 0.2) is 18.2 Å². The van der Waals surface area contributed by atoms with E-state index in [1.807, 2.05) is 0 Å². The number of amidine groups is 1. The van der Waals surface area contributed by atoms with E-state index in [2.05, 4.69) is 9.44 Å². The van der Waals surface area contributed by atoms with Gasteiger partial charge in [0, 0.05) is 12.1 Å². The molecule has 8 heteroatoms. The van der Waals surface area contributed by atoms with Gasteiger partial charge < -0.3 is 10.5 Å². The Morgan fingerprint density at radius 2 is 2.17 bits per heavy atom. The van der Waals surface area contributed by atoms with Gasteiger partial charge in [-0.05, 0) is 12.1 Å². The summed E-state index contributed by atoms with van der Waals surface area (Å²) in [7, 11) is -2.30. The average Bonchev–Trinajstić information content (AvgIpc) is 2.28. The fraction of sp³-hybridized carbons (Fsp3) is 0.300. The maximum absolute atomic E-state index is 11.7. The molecule has 0 aliphatic heterocycles. The summed E-state index contributed by atoms with van der Waals surface area (Å²) < 4.78 is 32.9. The van der Waals surface area contributed by atoms with Gasteiger partial charge in [-0.3, -0.25) is 10.1 Å². The molecule has 0 radical (unpaired) electrons. The largest absolute Gasteiger partial charge is 0.495 e. The lowest BCUT2D eigenvalue weighted by molar-refractivity contribution is 0.416. The van der Waals surface area contributed by atoms with E-state index in [0.717, 1.165) is 0 Å². The van der Waals surface area contributed by atoms with Crippen molar-refractivity contribution < 1.29 is 13.2 Å². The number of nitrogens with two attached hydrogens (primary N) is 1. The average molecular weight is 272 g/mol. The number of anilines is 1. The van der Waals surface area contributed by atoms with E-state index < -0.39 is 10.2 Å². The summed E-state index contributed by atoms with van der Waals surface area (Å²) >= 11 is 0. The molecule has 0 aliphatic carbocycles. The molecule has 5 N–H and O–H groups in total. The lowest BCUT2D eigenvalue weighted by Crippen LogP contribution is -2.31. The maximum atomic E-state index is 11.7. The second-order valence-corrected chi connectivity index (χ2v) is 4.90. The van der Waals surface area contributed by atoms with E-state index in [9.17, 15) is 8.42 Å². The number of nitrogen functional groups attached to an aromatic ring is 1. The number of hydrogen-bond acceptors (Lipinski definition) is 4. The predicted molar refractivity (Wildman–Crippen MR) is 70.2 cm³/mol. The first-order valence-corrected chi connectivity index (χ1v) is 6.68. The Bertz CT molecular complexity index is 542. The first-order chi connectivity index (χ1) is 8.41. The summed E-state index contributed by atoms with van der Waals surface area (Å²) in [5.74, 6) is 0.0484. The molecule has 1 aromatic rings. The number of ether oxygens (including phenoxy) is 1. The highest BCUT2D eigenvalue weighted by Crippen LogP contribution is 2.28. The second kappa shape index (κ2) is 5.69. The molecule has 1 rings (SSSR count). The number of nitrogens with one attached hydrogen (secondary N) is 3. The van der Waals surface area contributed by atoms with E-state index >= 15 is 0 Å². The van der Waals surface area contributed by atoms with Crippen LogP contribution in [0.5, 0.6) is 5.75 Å². The summed E-state index contributed by atoms with van der Waals surface area (Å²) in [5.41, 5.74) is 5.81. The maximum Gasteiger partial charge on any atom is 0.299 e. The molecule has 0 unspecified atom stereocenters. The Balaban J connectivity index is 3.25. The van der Waals surface area contributed by atoms with Crippen LogP contribution < -0.4 is 19.9 Å². The normalized spacial score (nSPS) is 11.0. The highest BCUT2D eigenvalue weighted by Gasteiger charge is 2.17. The highest BCUT2D eigenvalue weighted by molar-refractivity contribution is 7.90. The topological polar surface area (TPSA) is 117 Å². The standard InChI is InChI=1S/C10H16N4O3S/c1-3-13-18(15,16)14-9-7(10(11)12)5-4-6-8(9)17-2/h4-6,13-14H,3H2,1-2H3,(H3,11,12). The minimum absolute atomic E-state index is 0.147. The molecule has 0 saturated carbocycles. The van der Waals surface area contributed by atoms with Crippen molar-refractivity contribution in [2.24, 2.45) is 5.73 Å². The van der Waals surface area contributed by atoms with Crippen LogP contribution in [0.4, 0.5) is 5.69 Å². The van der Waals surface area contributed by atoms with Crippen LogP contribution in [-0.4, -0.2) is 27.9 Å². The van der Waals surface area contributed by atoms with Gasteiger partial charge in [0.1, 0.15) is 17.3 Å². The lowest BCUT2D eigenvalue weighted by Gasteiger charge is -2.15. The Morgan fingerprint density at radius 3 is 2.67 bits per heavy atom. The van der Waals surface area contributed by atoms with Gasteiger partial charge in [0.25, 0.3) is 10.2 Å². The highest BCUT2D eigenvalue weighted by atomic mass is 32.2. The molecule has 0 aliphatic rings. The Labute approximate surface area is 106 Å². The van der Waals surface area contributed by atoms with Crippen molar-refractivity contribution >= 4 is 21.7 Å². The lowest BCUT2D eigenvalue weighted by atomic mass is 10.1. The van der Waals surface area contributed by atoms with Gasteiger partial charge >= 0.3 is 0 Å². The molecule has 0 atom stereocenters. The molecule has 0 amide bonds. The van der Waals surface area contributed by atoms with Crippen molar-refractivity contribution in [2.75, 3.05) is 18.4 Å². The van der Waals surface area contributed by atoms with E-state index in [1.54, 1.807) is 19.1 Å². The smallest absolute Gasteiger partial charge is 0.299 e. The molecule has 0 fully saturated rings. The van der Waals surface area contributed by atoms with Crippen LogP contribution in [-0.2, 0) is 10.2 Å².